The molecular formula is C11H22N4O2S. The van der Waals surface area contributed by atoms with E-state index in [2.05, 4.69) is 15.0 Å². The zero-order valence-electron chi connectivity index (χ0n) is 11.4. The molecular weight excluding hydrogens is 252 g/mol. The summed E-state index contributed by atoms with van der Waals surface area (Å²) in [5.74, 6) is 0.977. The molecule has 0 aliphatic carbocycles. The Morgan fingerprint density at radius 1 is 1.44 bits per heavy atom. The first kappa shape index (κ1) is 15.1. The van der Waals surface area contributed by atoms with Gasteiger partial charge in [0.05, 0.1) is 6.26 Å². The number of imidazole rings is 1. The molecule has 0 bridgehead atoms. The molecule has 0 amide bonds. The molecule has 0 radical (unpaired) electrons. The molecule has 1 heterocycles. The molecule has 2 N–H and O–H groups in total. The first-order valence-electron chi connectivity index (χ1n) is 5.87. The van der Waals surface area contributed by atoms with Gasteiger partial charge in [-0.2, -0.15) is 0 Å². The molecule has 0 fully saturated rings. The lowest BCUT2D eigenvalue weighted by atomic mass is 10.1. The predicted octanol–water partition coefficient (Wildman–Crippen LogP) is 0.109. The number of hydrogen-bond donors (Lipinski definition) is 2. The summed E-state index contributed by atoms with van der Waals surface area (Å²) in [6.45, 7) is 7.82. The summed E-state index contributed by atoms with van der Waals surface area (Å²) in [5.41, 5.74) is -0.489. The fourth-order valence-corrected chi connectivity index (χ4v) is 2.85. The van der Waals surface area contributed by atoms with E-state index in [0.717, 1.165) is 18.9 Å². The van der Waals surface area contributed by atoms with Crippen molar-refractivity contribution in [3.8, 4) is 0 Å². The van der Waals surface area contributed by atoms with Crippen molar-refractivity contribution in [3.05, 3.63) is 18.2 Å². The number of aryl methyl sites for hydroxylation is 1. The maximum absolute atomic E-state index is 11.2. The van der Waals surface area contributed by atoms with Crippen LogP contribution in [0.3, 0.4) is 0 Å². The number of aromatic nitrogens is 2. The van der Waals surface area contributed by atoms with Crippen LogP contribution < -0.4 is 10.0 Å². The van der Waals surface area contributed by atoms with Gasteiger partial charge in [-0.15, -0.1) is 0 Å². The van der Waals surface area contributed by atoms with Gasteiger partial charge in [-0.05, 0) is 20.8 Å². The Labute approximate surface area is 109 Å². The average molecular weight is 274 g/mol. The van der Waals surface area contributed by atoms with Gasteiger partial charge in [-0.1, -0.05) is 0 Å². The lowest BCUT2D eigenvalue weighted by molar-refractivity contribution is 0.415. The largest absolute Gasteiger partial charge is 0.334 e. The predicted molar refractivity (Wildman–Crippen MR) is 71.9 cm³/mol. The van der Waals surface area contributed by atoms with Crippen molar-refractivity contribution in [3.63, 3.8) is 0 Å². The third kappa shape index (κ3) is 5.61. The summed E-state index contributed by atoms with van der Waals surface area (Å²) in [7, 11) is -3.17. The van der Waals surface area contributed by atoms with Crippen molar-refractivity contribution in [2.75, 3.05) is 19.3 Å². The third-order valence-electron chi connectivity index (χ3n) is 2.48. The fraction of sp³-hybridized carbons (Fsp3) is 0.727. The van der Waals surface area contributed by atoms with E-state index in [4.69, 9.17) is 0 Å². The number of hydrogen-bond acceptors (Lipinski definition) is 4. The van der Waals surface area contributed by atoms with Crippen LogP contribution in [-0.4, -0.2) is 42.9 Å². The van der Waals surface area contributed by atoms with E-state index in [1.165, 1.54) is 6.26 Å². The van der Waals surface area contributed by atoms with Crippen LogP contribution >= 0.6 is 0 Å². The normalized spacial score (nSPS) is 12.9. The highest BCUT2D eigenvalue weighted by molar-refractivity contribution is 7.88. The minimum atomic E-state index is -3.17. The molecule has 1 aromatic rings. The van der Waals surface area contributed by atoms with Crippen LogP contribution in [-0.2, 0) is 16.6 Å². The lowest BCUT2D eigenvalue weighted by Gasteiger charge is -2.25. The Kier molecular flexibility index (Phi) is 4.89. The molecule has 7 heteroatoms. The second-order valence-corrected chi connectivity index (χ2v) is 6.85. The Morgan fingerprint density at radius 2 is 2.11 bits per heavy atom. The minimum Gasteiger partial charge on any atom is -0.334 e. The second-order valence-electron chi connectivity index (χ2n) is 5.10. The molecule has 0 unspecified atom stereocenters. The van der Waals surface area contributed by atoms with Gasteiger partial charge in [-0.3, -0.25) is 0 Å². The van der Waals surface area contributed by atoms with Crippen molar-refractivity contribution in [2.24, 2.45) is 0 Å². The van der Waals surface area contributed by atoms with Crippen molar-refractivity contribution < 1.29 is 8.42 Å². The molecule has 0 aliphatic heterocycles. The molecule has 0 saturated heterocycles. The second kappa shape index (κ2) is 5.81. The number of sulfonamides is 1. The number of nitrogens with one attached hydrogen (secondary N) is 2. The Hall–Kier alpha value is -0.920. The van der Waals surface area contributed by atoms with E-state index in [-0.39, 0.29) is 0 Å². The molecule has 6 nitrogen and oxygen atoms in total. The fourth-order valence-electron chi connectivity index (χ4n) is 1.78. The van der Waals surface area contributed by atoms with Gasteiger partial charge in [0.1, 0.15) is 5.82 Å². The van der Waals surface area contributed by atoms with E-state index in [9.17, 15) is 8.42 Å². The highest BCUT2D eigenvalue weighted by Gasteiger charge is 2.21. The average Bonchev–Trinajstić information content (AvgIpc) is 2.55. The van der Waals surface area contributed by atoms with E-state index < -0.39 is 15.6 Å². The van der Waals surface area contributed by atoms with Crippen molar-refractivity contribution >= 4 is 10.0 Å². The van der Waals surface area contributed by atoms with Gasteiger partial charge in [0.15, 0.2) is 0 Å². The first-order chi connectivity index (χ1) is 8.20. The van der Waals surface area contributed by atoms with E-state index in [1.54, 1.807) is 6.20 Å². The van der Waals surface area contributed by atoms with Gasteiger partial charge < -0.3 is 9.88 Å². The highest BCUT2D eigenvalue weighted by Crippen LogP contribution is 2.01. The molecule has 0 aliphatic rings. The zero-order chi connectivity index (χ0) is 13.8. The van der Waals surface area contributed by atoms with Crippen molar-refractivity contribution in [2.45, 2.75) is 32.9 Å². The minimum absolute atomic E-state index is 0.489. The number of rotatable bonds is 7. The van der Waals surface area contributed by atoms with Crippen LogP contribution in [0.5, 0.6) is 0 Å². The summed E-state index contributed by atoms with van der Waals surface area (Å²) in [6.07, 6.45) is 4.87. The Balaban J connectivity index is 2.31. The van der Waals surface area contributed by atoms with Crippen LogP contribution in [0.4, 0.5) is 0 Å². The summed E-state index contributed by atoms with van der Waals surface area (Å²) in [5, 5.41) is 3.24. The molecule has 0 atom stereocenters. The molecule has 104 valence electrons. The van der Waals surface area contributed by atoms with E-state index in [0.29, 0.717) is 6.54 Å². The summed E-state index contributed by atoms with van der Waals surface area (Å²) in [4.78, 5) is 4.14. The van der Waals surface area contributed by atoms with Crippen molar-refractivity contribution in [1.82, 2.24) is 19.6 Å². The SMILES string of the molecule is Cc1nccn1CCNCC(C)(C)NS(C)(=O)=O. The Morgan fingerprint density at radius 3 is 2.61 bits per heavy atom. The molecule has 0 aromatic carbocycles. The topological polar surface area (TPSA) is 76.0 Å². The smallest absolute Gasteiger partial charge is 0.209 e. The summed E-state index contributed by atoms with van der Waals surface area (Å²) in [6, 6.07) is 0. The molecule has 0 spiro atoms. The lowest BCUT2D eigenvalue weighted by Crippen LogP contribution is -2.50. The van der Waals surface area contributed by atoms with Crippen LogP contribution in [0.2, 0.25) is 0 Å². The van der Waals surface area contributed by atoms with Gasteiger partial charge >= 0.3 is 0 Å². The molecule has 0 saturated carbocycles. The molecule has 1 rings (SSSR count). The van der Waals surface area contributed by atoms with Crippen LogP contribution in [0.15, 0.2) is 12.4 Å². The molecule has 18 heavy (non-hydrogen) atoms. The van der Waals surface area contributed by atoms with E-state index in [1.807, 2.05) is 31.5 Å². The summed E-state index contributed by atoms with van der Waals surface area (Å²) >= 11 is 0. The standard InChI is InChI=1S/C11H22N4O2S/c1-10-13-6-8-15(10)7-5-12-9-11(2,3)14-18(4,16)17/h6,8,12,14H,5,7,9H2,1-4H3. The van der Waals surface area contributed by atoms with Gasteiger partial charge in [0, 0.05) is 37.6 Å². The maximum atomic E-state index is 11.2. The van der Waals surface area contributed by atoms with Gasteiger partial charge in [0.2, 0.25) is 10.0 Å². The Bertz CT molecular complexity index is 479. The third-order valence-corrected chi connectivity index (χ3v) is 3.41. The quantitative estimate of drug-likeness (QED) is 0.692. The first-order valence-corrected chi connectivity index (χ1v) is 7.76. The van der Waals surface area contributed by atoms with Crippen LogP contribution in [0.25, 0.3) is 0 Å². The monoisotopic (exact) mass is 274 g/mol. The van der Waals surface area contributed by atoms with Crippen LogP contribution in [0, 0.1) is 6.92 Å². The van der Waals surface area contributed by atoms with Gasteiger partial charge in [-0.25, -0.2) is 18.1 Å². The number of nitrogens with zero attached hydrogens (tertiary/aromatic N) is 2. The summed E-state index contributed by atoms with van der Waals surface area (Å²) < 4.78 is 27.0. The van der Waals surface area contributed by atoms with E-state index >= 15 is 0 Å². The highest BCUT2D eigenvalue weighted by atomic mass is 32.2. The van der Waals surface area contributed by atoms with Gasteiger partial charge in [0.25, 0.3) is 0 Å². The van der Waals surface area contributed by atoms with Crippen molar-refractivity contribution in [1.29, 1.82) is 0 Å². The van der Waals surface area contributed by atoms with Crippen LogP contribution in [0.1, 0.15) is 19.7 Å². The molecule has 1 aromatic heterocycles. The zero-order valence-corrected chi connectivity index (χ0v) is 12.2. The maximum Gasteiger partial charge on any atom is 0.209 e.